The Bertz CT molecular complexity index is 1100. The fourth-order valence-electron chi connectivity index (χ4n) is 4.42. The molecule has 0 radical (unpaired) electrons. The van der Waals surface area contributed by atoms with E-state index in [0.717, 1.165) is 35.7 Å². The van der Waals surface area contributed by atoms with E-state index in [4.69, 9.17) is 10.5 Å². The molecule has 2 amide bonds. The highest BCUT2D eigenvalue weighted by atomic mass is 16.5. The molecular weight excluding hydrogens is 432 g/mol. The van der Waals surface area contributed by atoms with Crippen LogP contribution in [0, 0.1) is 0 Å². The fourth-order valence-corrected chi connectivity index (χ4v) is 4.42. The molecule has 1 saturated heterocycles. The summed E-state index contributed by atoms with van der Waals surface area (Å²) in [6.07, 6.45) is 9.12. The van der Waals surface area contributed by atoms with Gasteiger partial charge in [0.1, 0.15) is 5.82 Å². The Balaban J connectivity index is 1.59. The van der Waals surface area contributed by atoms with Crippen LogP contribution in [-0.2, 0) is 9.53 Å². The number of ether oxygens (including phenoxy) is 1. The van der Waals surface area contributed by atoms with E-state index >= 15 is 0 Å². The Morgan fingerprint density at radius 1 is 1.21 bits per heavy atom. The van der Waals surface area contributed by atoms with Crippen molar-refractivity contribution in [1.82, 2.24) is 14.9 Å². The van der Waals surface area contributed by atoms with Crippen molar-refractivity contribution in [1.29, 1.82) is 0 Å². The molecule has 34 heavy (non-hydrogen) atoms. The van der Waals surface area contributed by atoms with Gasteiger partial charge in [-0.15, -0.1) is 0 Å². The molecular formula is C25H30N6O3. The van der Waals surface area contributed by atoms with Gasteiger partial charge in [0.15, 0.2) is 0 Å². The first-order valence-corrected chi connectivity index (χ1v) is 11.4. The van der Waals surface area contributed by atoms with E-state index in [1.165, 1.54) is 12.3 Å². The van der Waals surface area contributed by atoms with Gasteiger partial charge in [0, 0.05) is 44.1 Å². The minimum absolute atomic E-state index is 0.104. The highest BCUT2D eigenvalue weighted by molar-refractivity contribution is 6.01. The number of nitrogens with zero attached hydrogens (tertiary/aromatic N) is 4. The number of pyridine rings is 2. The van der Waals surface area contributed by atoms with Crippen molar-refractivity contribution in [3.8, 4) is 0 Å². The van der Waals surface area contributed by atoms with Crippen LogP contribution in [0.1, 0.15) is 36.2 Å². The normalized spacial score (nSPS) is 20.5. The maximum Gasteiger partial charge on any atom is 0.252 e. The molecule has 2 atom stereocenters. The van der Waals surface area contributed by atoms with Gasteiger partial charge in [-0.05, 0) is 44.1 Å². The van der Waals surface area contributed by atoms with E-state index in [2.05, 4.69) is 40.6 Å². The van der Waals surface area contributed by atoms with Crippen LogP contribution in [0.3, 0.4) is 0 Å². The van der Waals surface area contributed by atoms with E-state index in [1.54, 1.807) is 17.3 Å². The third-order valence-electron chi connectivity index (χ3n) is 6.01. The van der Waals surface area contributed by atoms with E-state index in [1.807, 2.05) is 18.2 Å². The number of anilines is 3. The van der Waals surface area contributed by atoms with Crippen molar-refractivity contribution in [2.45, 2.75) is 32.5 Å². The molecule has 0 spiro atoms. The topological polar surface area (TPSA) is 114 Å². The summed E-state index contributed by atoms with van der Waals surface area (Å²) in [4.78, 5) is 36.9. The molecule has 0 bridgehead atoms. The molecule has 0 aliphatic carbocycles. The van der Waals surface area contributed by atoms with Gasteiger partial charge in [0.2, 0.25) is 5.91 Å². The number of aromatic nitrogens is 2. The number of amides is 2. The van der Waals surface area contributed by atoms with Gasteiger partial charge < -0.3 is 25.6 Å². The summed E-state index contributed by atoms with van der Waals surface area (Å²) in [5, 5.41) is 3.33. The van der Waals surface area contributed by atoms with Crippen LogP contribution in [0.15, 0.2) is 49.5 Å². The first-order valence-electron chi connectivity index (χ1n) is 11.4. The van der Waals surface area contributed by atoms with Crippen LogP contribution in [0.4, 0.5) is 17.2 Å². The predicted molar refractivity (Wildman–Crippen MR) is 132 cm³/mol. The monoisotopic (exact) mass is 462 g/mol. The fraction of sp³-hybridized carbons (Fsp3) is 0.360. The highest BCUT2D eigenvalue weighted by Gasteiger charge is 2.24. The molecule has 2 aromatic heterocycles. The smallest absolute Gasteiger partial charge is 0.252 e. The second-order valence-corrected chi connectivity index (χ2v) is 8.63. The average molecular weight is 463 g/mol. The highest BCUT2D eigenvalue weighted by Crippen LogP contribution is 2.33. The minimum atomic E-state index is -0.572. The SMILES string of the molecule is C=CC(=O)N1CC=C(c2cncc(C(N)=O)c2Nc2ccc(N3CC(C)OC(C)C3)nc2)CC1. The molecule has 178 valence electrons. The lowest BCUT2D eigenvalue weighted by atomic mass is 9.97. The molecule has 4 heterocycles. The van der Waals surface area contributed by atoms with Gasteiger partial charge in [-0.25, -0.2) is 4.98 Å². The van der Waals surface area contributed by atoms with Gasteiger partial charge in [-0.1, -0.05) is 12.7 Å². The number of hydrogen-bond acceptors (Lipinski definition) is 7. The van der Waals surface area contributed by atoms with Crippen molar-refractivity contribution in [3.05, 3.63) is 60.6 Å². The lowest BCUT2D eigenvalue weighted by Crippen LogP contribution is -2.45. The quantitative estimate of drug-likeness (QED) is 0.635. The number of rotatable bonds is 6. The molecule has 9 nitrogen and oxygen atoms in total. The molecule has 2 aliphatic rings. The first-order chi connectivity index (χ1) is 16.4. The number of morpholine rings is 1. The third kappa shape index (κ3) is 5.09. The molecule has 2 aromatic rings. The van der Waals surface area contributed by atoms with Gasteiger partial charge in [0.05, 0.1) is 35.3 Å². The summed E-state index contributed by atoms with van der Waals surface area (Å²) in [7, 11) is 0. The second-order valence-electron chi connectivity index (χ2n) is 8.63. The van der Waals surface area contributed by atoms with Crippen molar-refractivity contribution in [2.75, 3.05) is 36.4 Å². The van der Waals surface area contributed by atoms with E-state index in [0.29, 0.717) is 30.8 Å². The first kappa shape index (κ1) is 23.4. The Kier molecular flexibility index (Phi) is 6.93. The summed E-state index contributed by atoms with van der Waals surface area (Å²) < 4.78 is 5.81. The van der Waals surface area contributed by atoms with E-state index < -0.39 is 5.91 Å². The van der Waals surface area contributed by atoms with Crippen molar-refractivity contribution < 1.29 is 14.3 Å². The van der Waals surface area contributed by atoms with Gasteiger partial charge in [-0.2, -0.15) is 0 Å². The van der Waals surface area contributed by atoms with E-state index in [9.17, 15) is 9.59 Å². The number of primary amides is 1. The summed E-state index contributed by atoms with van der Waals surface area (Å²) in [6.45, 7) is 10.3. The summed E-state index contributed by atoms with van der Waals surface area (Å²) in [6, 6.07) is 3.89. The number of carbonyl (C=O) groups excluding carboxylic acids is 2. The Labute approximate surface area is 199 Å². The molecule has 9 heteroatoms. The number of hydrogen-bond donors (Lipinski definition) is 2. The third-order valence-corrected chi connectivity index (χ3v) is 6.01. The maximum absolute atomic E-state index is 12.2. The molecule has 4 rings (SSSR count). The number of nitrogens with two attached hydrogens (primary N) is 1. The van der Waals surface area contributed by atoms with Gasteiger partial charge in [0.25, 0.3) is 5.91 Å². The van der Waals surface area contributed by atoms with Gasteiger partial charge >= 0.3 is 0 Å². The average Bonchev–Trinajstić information content (AvgIpc) is 2.83. The number of nitrogens with one attached hydrogen (secondary N) is 1. The van der Waals surface area contributed by atoms with Crippen LogP contribution in [0.2, 0.25) is 0 Å². The Hall–Kier alpha value is -3.72. The summed E-state index contributed by atoms with van der Waals surface area (Å²) in [5.74, 6) is 0.199. The lowest BCUT2D eigenvalue weighted by molar-refractivity contribution is -0.125. The molecule has 1 fully saturated rings. The summed E-state index contributed by atoms with van der Waals surface area (Å²) in [5.41, 5.74) is 9.04. The van der Waals surface area contributed by atoms with Crippen molar-refractivity contribution >= 4 is 34.6 Å². The Morgan fingerprint density at radius 2 is 1.97 bits per heavy atom. The van der Waals surface area contributed by atoms with Crippen LogP contribution in [-0.4, -0.2) is 65.1 Å². The molecule has 2 aliphatic heterocycles. The zero-order valence-corrected chi connectivity index (χ0v) is 19.5. The maximum atomic E-state index is 12.2. The standard InChI is InChI=1S/C25H30N6O3/c1-4-23(32)30-9-7-18(8-10-30)20-12-27-13-21(25(26)33)24(20)29-19-5-6-22(28-11-19)31-14-16(2)34-17(3)15-31/h4-7,11-13,16-17H,1,8-10,14-15H2,2-3H3,(H2,26,33)(H,27,29). The second kappa shape index (κ2) is 10.0. The summed E-state index contributed by atoms with van der Waals surface area (Å²) >= 11 is 0. The van der Waals surface area contributed by atoms with Crippen LogP contribution in [0.25, 0.3) is 5.57 Å². The lowest BCUT2D eigenvalue weighted by Gasteiger charge is -2.36. The minimum Gasteiger partial charge on any atom is -0.372 e. The van der Waals surface area contributed by atoms with Gasteiger partial charge in [-0.3, -0.25) is 14.6 Å². The predicted octanol–water partition coefficient (Wildman–Crippen LogP) is 2.73. The van der Waals surface area contributed by atoms with Crippen LogP contribution in [0.5, 0.6) is 0 Å². The largest absolute Gasteiger partial charge is 0.372 e. The molecule has 2 unspecified atom stereocenters. The molecule has 3 N–H and O–H groups in total. The molecule has 0 saturated carbocycles. The van der Waals surface area contributed by atoms with Crippen molar-refractivity contribution in [2.24, 2.45) is 5.73 Å². The Morgan fingerprint density at radius 3 is 2.56 bits per heavy atom. The zero-order chi connectivity index (χ0) is 24.2. The van der Waals surface area contributed by atoms with Crippen LogP contribution < -0.4 is 16.0 Å². The molecule has 0 aromatic carbocycles. The van der Waals surface area contributed by atoms with Crippen molar-refractivity contribution in [3.63, 3.8) is 0 Å². The number of carbonyl (C=O) groups is 2. The zero-order valence-electron chi connectivity index (χ0n) is 19.5. The van der Waals surface area contributed by atoms with Crippen LogP contribution >= 0.6 is 0 Å². The van der Waals surface area contributed by atoms with E-state index in [-0.39, 0.29) is 18.1 Å².